The van der Waals surface area contributed by atoms with Crippen molar-refractivity contribution in [1.29, 1.82) is 0 Å². The highest BCUT2D eigenvalue weighted by Crippen LogP contribution is 1.83. The molecule has 0 aliphatic carbocycles. The average molecular weight is 194 g/mol. The predicted octanol–water partition coefficient (Wildman–Crippen LogP) is 2.26. The zero-order valence-corrected chi connectivity index (χ0v) is 8.60. The highest BCUT2D eigenvalue weighted by Gasteiger charge is 1.98. The van der Waals surface area contributed by atoms with Crippen molar-refractivity contribution in [2.24, 2.45) is 0 Å². The van der Waals surface area contributed by atoms with Crippen LogP contribution in [0, 0.1) is 0 Å². The quantitative estimate of drug-likeness (QED) is 0.551. The molecule has 0 fully saturated rings. The summed E-state index contributed by atoms with van der Waals surface area (Å²) in [6, 6.07) is 0. The molecule has 1 N–H and O–H groups in total. The van der Waals surface area contributed by atoms with Crippen molar-refractivity contribution >= 4 is 10.1 Å². The van der Waals surface area contributed by atoms with E-state index in [4.69, 9.17) is 4.55 Å². The molecule has 0 spiro atoms. The third-order valence-corrected chi connectivity index (χ3v) is 1.88. The van der Waals surface area contributed by atoms with E-state index in [-0.39, 0.29) is 5.75 Å². The summed E-state index contributed by atoms with van der Waals surface area (Å²) in [6.45, 7) is 7.38. The van der Waals surface area contributed by atoms with Crippen LogP contribution in [0.25, 0.3) is 0 Å². The Labute approximate surface area is 75.2 Å². The molecule has 0 aliphatic rings. The first-order valence-electron chi connectivity index (χ1n) is 4.04. The zero-order valence-electron chi connectivity index (χ0n) is 7.78. The fraction of sp³-hybridized carbons (Fsp3) is 0.750. The largest absolute Gasteiger partial charge is 0.286 e. The maximum absolute atomic E-state index is 9.79. The Hall–Kier alpha value is -0.350. The first-order valence-corrected chi connectivity index (χ1v) is 5.64. The molecule has 0 aromatic rings. The maximum Gasteiger partial charge on any atom is 0.264 e. The van der Waals surface area contributed by atoms with E-state index in [2.05, 4.69) is 13.5 Å². The minimum atomic E-state index is -3.67. The predicted molar refractivity (Wildman–Crippen MR) is 51.8 cm³/mol. The fourth-order valence-corrected chi connectivity index (χ4v) is 0.978. The molecule has 0 aliphatic heterocycles. The van der Waals surface area contributed by atoms with Gasteiger partial charge in [-0.2, -0.15) is 8.42 Å². The Balaban J connectivity index is 0. The van der Waals surface area contributed by atoms with Crippen molar-refractivity contribution < 1.29 is 13.0 Å². The van der Waals surface area contributed by atoms with Crippen molar-refractivity contribution in [3.05, 3.63) is 12.7 Å². The van der Waals surface area contributed by atoms with Gasteiger partial charge in [0.2, 0.25) is 0 Å². The summed E-state index contributed by atoms with van der Waals surface area (Å²) in [4.78, 5) is 0. The second-order valence-electron chi connectivity index (χ2n) is 2.36. The van der Waals surface area contributed by atoms with Gasteiger partial charge in [0.05, 0.1) is 5.75 Å². The van der Waals surface area contributed by atoms with Crippen molar-refractivity contribution in [2.75, 3.05) is 5.75 Å². The maximum atomic E-state index is 9.79. The SMILES string of the molecule is C=CCCC.CCCS(=O)(=O)O. The minimum absolute atomic E-state index is 0.132. The number of allylic oxidation sites excluding steroid dienone is 1. The van der Waals surface area contributed by atoms with Crippen LogP contribution >= 0.6 is 0 Å². The molecule has 3 nitrogen and oxygen atoms in total. The highest BCUT2D eigenvalue weighted by atomic mass is 32.2. The summed E-state index contributed by atoms with van der Waals surface area (Å²) < 4.78 is 27.6. The Morgan fingerprint density at radius 3 is 1.83 bits per heavy atom. The van der Waals surface area contributed by atoms with Gasteiger partial charge < -0.3 is 0 Å². The lowest BCUT2D eigenvalue weighted by Crippen LogP contribution is -2.01. The van der Waals surface area contributed by atoms with Crippen LogP contribution in [0.5, 0.6) is 0 Å². The lowest BCUT2D eigenvalue weighted by molar-refractivity contribution is 0.482. The molecule has 0 aromatic carbocycles. The van der Waals surface area contributed by atoms with Gasteiger partial charge in [-0.25, -0.2) is 0 Å². The minimum Gasteiger partial charge on any atom is -0.286 e. The number of hydrogen-bond donors (Lipinski definition) is 1. The summed E-state index contributed by atoms with van der Waals surface area (Å²) in [7, 11) is -3.67. The van der Waals surface area contributed by atoms with Crippen LogP contribution < -0.4 is 0 Å². The molecule has 0 saturated carbocycles. The van der Waals surface area contributed by atoms with E-state index in [0.29, 0.717) is 6.42 Å². The molecule has 0 aromatic heterocycles. The molecule has 0 radical (unpaired) electrons. The van der Waals surface area contributed by atoms with E-state index in [9.17, 15) is 8.42 Å². The highest BCUT2D eigenvalue weighted by molar-refractivity contribution is 7.85. The normalized spacial score (nSPS) is 9.92. The summed E-state index contributed by atoms with van der Waals surface area (Å²) in [5, 5.41) is 0. The zero-order chi connectivity index (χ0) is 10.0. The monoisotopic (exact) mass is 194 g/mol. The van der Waals surface area contributed by atoms with Crippen LogP contribution in [0.15, 0.2) is 12.7 Å². The van der Waals surface area contributed by atoms with Crippen molar-refractivity contribution in [2.45, 2.75) is 33.1 Å². The van der Waals surface area contributed by atoms with E-state index < -0.39 is 10.1 Å². The van der Waals surface area contributed by atoms with Crippen molar-refractivity contribution in [1.82, 2.24) is 0 Å². The van der Waals surface area contributed by atoms with Gasteiger partial charge in [-0.3, -0.25) is 4.55 Å². The summed E-state index contributed by atoms with van der Waals surface area (Å²) in [5.41, 5.74) is 0. The summed E-state index contributed by atoms with van der Waals surface area (Å²) in [6.07, 6.45) is 4.78. The average Bonchev–Trinajstić information content (AvgIpc) is 1.87. The first kappa shape index (κ1) is 14.2. The fourth-order valence-electron chi connectivity index (χ4n) is 0.462. The van der Waals surface area contributed by atoms with Gasteiger partial charge in [0.15, 0.2) is 0 Å². The Kier molecular flexibility index (Phi) is 10.3. The van der Waals surface area contributed by atoms with Gasteiger partial charge in [0.1, 0.15) is 0 Å². The van der Waals surface area contributed by atoms with Crippen LogP contribution in [0.1, 0.15) is 33.1 Å². The van der Waals surface area contributed by atoms with Crippen molar-refractivity contribution in [3.8, 4) is 0 Å². The molecule has 0 saturated heterocycles. The molecule has 0 bridgehead atoms. The van der Waals surface area contributed by atoms with E-state index in [1.165, 1.54) is 6.42 Å². The van der Waals surface area contributed by atoms with Crippen LogP contribution in [0.3, 0.4) is 0 Å². The topological polar surface area (TPSA) is 54.4 Å². The lowest BCUT2D eigenvalue weighted by atomic mass is 10.3. The van der Waals surface area contributed by atoms with Gasteiger partial charge in [-0.1, -0.05) is 26.3 Å². The van der Waals surface area contributed by atoms with Gasteiger partial charge in [0.25, 0.3) is 10.1 Å². The number of rotatable bonds is 4. The van der Waals surface area contributed by atoms with Crippen LogP contribution in [-0.2, 0) is 10.1 Å². The van der Waals surface area contributed by atoms with Crippen LogP contribution in [0.4, 0.5) is 0 Å². The molecular weight excluding hydrogens is 176 g/mol. The standard InChI is InChI=1S/C5H10.C3H8O3S/c1-3-5-4-2;1-2-3-7(4,5)6/h3H,1,4-5H2,2H3;2-3H2,1H3,(H,4,5,6). The lowest BCUT2D eigenvalue weighted by Gasteiger charge is -1.85. The first-order chi connectivity index (χ1) is 5.47. The molecule has 12 heavy (non-hydrogen) atoms. The third kappa shape index (κ3) is 22.6. The van der Waals surface area contributed by atoms with Crippen LogP contribution in [0.2, 0.25) is 0 Å². The van der Waals surface area contributed by atoms with E-state index >= 15 is 0 Å². The van der Waals surface area contributed by atoms with Gasteiger partial charge in [0, 0.05) is 0 Å². The Bertz CT molecular complexity index is 182. The molecule has 0 heterocycles. The second kappa shape index (κ2) is 8.74. The van der Waals surface area contributed by atoms with E-state index in [1.54, 1.807) is 6.92 Å². The Morgan fingerprint density at radius 1 is 1.33 bits per heavy atom. The molecule has 4 heteroatoms. The molecular formula is C8H18O3S. The van der Waals surface area contributed by atoms with Gasteiger partial charge in [-0.15, -0.1) is 6.58 Å². The number of hydrogen-bond acceptors (Lipinski definition) is 2. The molecule has 0 amide bonds. The van der Waals surface area contributed by atoms with Crippen LogP contribution in [-0.4, -0.2) is 18.7 Å². The smallest absolute Gasteiger partial charge is 0.264 e. The Morgan fingerprint density at radius 2 is 1.83 bits per heavy atom. The van der Waals surface area contributed by atoms with E-state index in [1.807, 2.05) is 6.08 Å². The van der Waals surface area contributed by atoms with Gasteiger partial charge in [-0.05, 0) is 12.8 Å². The summed E-state index contributed by atoms with van der Waals surface area (Å²) >= 11 is 0. The third-order valence-electron chi connectivity index (χ3n) is 0.955. The van der Waals surface area contributed by atoms with Crippen molar-refractivity contribution in [3.63, 3.8) is 0 Å². The number of unbranched alkanes of at least 4 members (excludes halogenated alkanes) is 1. The molecule has 0 rings (SSSR count). The summed E-state index contributed by atoms with van der Waals surface area (Å²) in [5.74, 6) is -0.132. The molecule has 74 valence electrons. The van der Waals surface area contributed by atoms with Gasteiger partial charge >= 0.3 is 0 Å². The second-order valence-corrected chi connectivity index (χ2v) is 3.94. The molecule has 0 atom stereocenters. The molecule has 0 unspecified atom stereocenters. The van der Waals surface area contributed by atoms with E-state index in [0.717, 1.165) is 6.42 Å².